The average Bonchev–Trinajstić information content (AvgIpc) is 3.77. The molecule has 8 bridgehead atoms. The van der Waals surface area contributed by atoms with E-state index in [-0.39, 0.29) is 0 Å². The first-order chi connectivity index (χ1) is 18.8. The zero-order valence-corrected chi connectivity index (χ0v) is 20.6. The van der Waals surface area contributed by atoms with Gasteiger partial charge in [0.05, 0.1) is 22.8 Å². The zero-order chi connectivity index (χ0) is 25.5. The maximum absolute atomic E-state index is 5.09. The lowest BCUT2D eigenvalue weighted by Gasteiger charge is -2.04. The fourth-order valence-corrected chi connectivity index (χ4v) is 5.19. The van der Waals surface area contributed by atoms with E-state index in [1.54, 1.807) is 0 Å². The van der Waals surface area contributed by atoms with Gasteiger partial charge in [-0.05, 0) is 65.8 Å². The molecule has 0 atom stereocenters. The van der Waals surface area contributed by atoms with Gasteiger partial charge >= 0.3 is 0 Å². The van der Waals surface area contributed by atoms with E-state index in [1.807, 2.05) is 18.2 Å². The van der Waals surface area contributed by atoms with Gasteiger partial charge in [-0.3, -0.25) is 0 Å². The summed E-state index contributed by atoms with van der Waals surface area (Å²) in [6.45, 7) is 4.12. The van der Waals surface area contributed by atoms with Crippen molar-refractivity contribution in [2.24, 2.45) is 0 Å². The van der Waals surface area contributed by atoms with Crippen LogP contribution in [0.3, 0.4) is 0 Å². The third-order valence-electron chi connectivity index (χ3n) is 6.95. The van der Waals surface area contributed by atoms with Gasteiger partial charge in [0.15, 0.2) is 0 Å². The topological polar surface area (TPSA) is 57.4 Å². The Morgan fingerprint density at radius 2 is 1.13 bits per heavy atom. The van der Waals surface area contributed by atoms with Crippen LogP contribution in [0.1, 0.15) is 28.3 Å². The first-order valence-corrected chi connectivity index (χ1v) is 12.6. The molecule has 2 aromatic carbocycles. The van der Waals surface area contributed by atoms with Gasteiger partial charge in [0.1, 0.15) is 0 Å². The maximum Gasteiger partial charge on any atom is 0.0737 e. The highest BCUT2D eigenvalue weighted by atomic mass is 14.8. The summed E-state index contributed by atoms with van der Waals surface area (Å²) in [5, 5.41) is 0. The maximum atomic E-state index is 5.09. The average molecular weight is 489 g/mol. The van der Waals surface area contributed by atoms with Crippen molar-refractivity contribution in [1.82, 2.24) is 19.9 Å². The van der Waals surface area contributed by atoms with Crippen LogP contribution in [0, 0.1) is 0 Å². The number of hydrogen-bond donors (Lipinski definition) is 2. The van der Waals surface area contributed by atoms with Gasteiger partial charge < -0.3 is 9.97 Å². The molecule has 4 nitrogen and oxygen atoms in total. The molecule has 7 rings (SSSR count). The highest BCUT2D eigenvalue weighted by Crippen LogP contribution is 2.33. The van der Waals surface area contributed by atoms with E-state index in [9.17, 15) is 0 Å². The van der Waals surface area contributed by atoms with Gasteiger partial charge in [0, 0.05) is 38.8 Å². The quantitative estimate of drug-likeness (QED) is 0.261. The van der Waals surface area contributed by atoms with Crippen molar-refractivity contribution in [1.29, 1.82) is 0 Å². The Kier molecular flexibility index (Phi) is 5.22. The second kappa shape index (κ2) is 9.02. The van der Waals surface area contributed by atoms with E-state index in [4.69, 9.17) is 9.97 Å². The molecule has 0 spiro atoms. The van der Waals surface area contributed by atoms with Crippen LogP contribution < -0.4 is 0 Å². The number of benzene rings is 2. The number of fused-ring (bicyclic) bond motifs is 8. The zero-order valence-electron chi connectivity index (χ0n) is 20.6. The van der Waals surface area contributed by atoms with Crippen molar-refractivity contribution in [2.75, 3.05) is 0 Å². The van der Waals surface area contributed by atoms with Gasteiger partial charge in [-0.25, -0.2) is 9.97 Å². The minimum absolute atomic E-state index is 0.872. The molecule has 3 aromatic heterocycles. The van der Waals surface area contributed by atoms with Crippen LogP contribution in [-0.2, 0) is 0 Å². The van der Waals surface area contributed by atoms with Crippen LogP contribution in [0.15, 0.2) is 97.6 Å². The lowest BCUT2D eigenvalue weighted by Crippen LogP contribution is -1.87. The molecule has 0 saturated carbocycles. The van der Waals surface area contributed by atoms with E-state index in [0.29, 0.717) is 0 Å². The van der Waals surface area contributed by atoms with Crippen LogP contribution in [0.4, 0.5) is 0 Å². The Morgan fingerprint density at radius 3 is 1.84 bits per heavy atom. The van der Waals surface area contributed by atoms with Crippen LogP contribution in [0.5, 0.6) is 0 Å². The lowest BCUT2D eigenvalue weighted by molar-refractivity contribution is 1.30. The summed E-state index contributed by atoms with van der Waals surface area (Å²) in [4.78, 5) is 17.3. The number of nitrogens with zero attached hydrogens (tertiary/aromatic N) is 2. The summed E-state index contributed by atoms with van der Waals surface area (Å²) >= 11 is 0. The van der Waals surface area contributed by atoms with Gasteiger partial charge in [0.2, 0.25) is 0 Å². The highest BCUT2D eigenvalue weighted by Gasteiger charge is 2.14. The summed E-state index contributed by atoms with van der Waals surface area (Å²) in [6.07, 6.45) is 10.2. The molecule has 5 aromatic rings. The van der Waals surface area contributed by atoms with Crippen molar-refractivity contribution in [2.45, 2.75) is 0 Å². The minimum atomic E-state index is 0.872. The molecule has 2 N–H and O–H groups in total. The summed E-state index contributed by atoms with van der Waals surface area (Å²) in [7, 11) is 0. The second-order valence-electron chi connectivity index (χ2n) is 9.33. The molecule has 0 radical (unpaired) electrons. The number of H-pyrrole nitrogens is 2. The highest BCUT2D eigenvalue weighted by molar-refractivity contribution is 5.94. The lowest BCUT2D eigenvalue weighted by atomic mass is 10.0. The third kappa shape index (κ3) is 3.80. The van der Waals surface area contributed by atoms with Gasteiger partial charge in [-0.15, -0.1) is 0 Å². The Hall–Kier alpha value is -5.22. The molecule has 0 fully saturated rings. The fourth-order valence-electron chi connectivity index (χ4n) is 5.19. The smallest absolute Gasteiger partial charge is 0.0737 e. The SMILES string of the molecule is C=Cc1c2nc(c(-c3ccccc3)c3ccc(cc4nc(c(-c5ccccc5)c5ccc1[nH]5)C=C4)[nH]3)C=C2. The molecule has 0 saturated heterocycles. The molecule has 5 heterocycles. The first kappa shape index (κ1) is 22.0. The van der Waals surface area contributed by atoms with E-state index < -0.39 is 0 Å². The second-order valence-corrected chi connectivity index (χ2v) is 9.33. The van der Waals surface area contributed by atoms with E-state index in [1.165, 1.54) is 0 Å². The fraction of sp³-hybridized carbons (Fsp3) is 0. The van der Waals surface area contributed by atoms with Crippen molar-refractivity contribution in [3.8, 4) is 22.3 Å². The molecule has 0 amide bonds. The molecule has 180 valence electrons. The van der Waals surface area contributed by atoms with Crippen molar-refractivity contribution in [3.05, 3.63) is 126 Å². The van der Waals surface area contributed by atoms with Crippen molar-refractivity contribution >= 4 is 52.4 Å². The molecule has 2 aliphatic rings. The molecular formula is C34H24N4. The molecular weight excluding hydrogens is 464 g/mol. The Labute approximate surface area is 220 Å². The van der Waals surface area contributed by atoms with Crippen molar-refractivity contribution in [3.63, 3.8) is 0 Å². The van der Waals surface area contributed by atoms with E-state index in [0.717, 1.165) is 72.7 Å². The number of rotatable bonds is 3. The molecule has 2 aliphatic heterocycles. The molecule has 4 heteroatoms. The van der Waals surface area contributed by atoms with Crippen LogP contribution >= 0.6 is 0 Å². The number of hydrogen-bond acceptors (Lipinski definition) is 2. The van der Waals surface area contributed by atoms with Gasteiger partial charge in [-0.2, -0.15) is 0 Å². The van der Waals surface area contributed by atoms with Crippen LogP contribution in [-0.4, -0.2) is 19.9 Å². The molecule has 0 unspecified atom stereocenters. The van der Waals surface area contributed by atoms with Gasteiger partial charge in [-0.1, -0.05) is 73.3 Å². The van der Waals surface area contributed by atoms with Crippen molar-refractivity contribution < 1.29 is 0 Å². The monoisotopic (exact) mass is 488 g/mol. The van der Waals surface area contributed by atoms with Crippen LogP contribution in [0.25, 0.3) is 74.7 Å². The largest absolute Gasteiger partial charge is 0.355 e. The van der Waals surface area contributed by atoms with Crippen LogP contribution in [0.2, 0.25) is 0 Å². The predicted molar refractivity (Wildman–Crippen MR) is 160 cm³/mol. The Bertz CT molecular complexity index is 1880. The van der Waals surface area contributed by atoms with Gasteiger partial charge in [0.25, 0.3) is 0 Å². The Balaban J connectivity index is 1.63. The summed E-state index contributed by atoms with van der Waals surface area (Å²) in [5.41, 5.74) is 12.8. The normalized spacial score (nSPS) is 12.1. The molecule has 0 aliphatic carbocycles. The Morgan fingerprint density at radius 1 is 0.553 bits per heavy atom. The standard InChI is InChI=1S/C34H24N4/c1-2-26-27-17-19-31(37-27)33(22-9-5-3-6-10-22)29-15-13-24(35-29)21-25-14-16-30(36-25)34(23-11-7-4-8-12-23)32-20-18-28(26)38-32/h2-21,35,38H,1H2. The van der Waals surface area contributed by atoms with E-state index in [2.05, 4.69) is 120 Å². The minimum Gasteiger partial charge on any atom is -0.355 e. The summed E-state index contributed by atoms with van der Waals surface area (Å²) < 4.78 is 0. The third-order valence-corrected chi connectivity index (χ3v) is 6.95. The van der Waals surface area contributed by atoms with E-state index >= 15 is 0 Å². The first-order valence-electron chi connectivity index (χ1n) is 12.6. The predicted octanol–water partition coefficient (Wildman–Crippen LogP) is 8.63. The molecule has 38 heavy (non-hydrogen) atoms. The number of aromatic amines is 2. The summed E-state index contributed by atoms with van der Waals surface area (Å²) in [5.74, 6) is 0. The summed E-state index contributed by atoms with van der Waals surface area (Å²) in [6, 6.07) is 31.2. The number of aromatic nitrogens is 4. The number of nitrogens with one attached hydrogen (secondary N) is 2.